The normalized spacial score (nSPS) is 14.9. The summed E-state index contributed by atoms with van der Waals surface area (Å²) in [6, 6.07) is 10.8. The second kappa shape index (κ2) is 9.61. The molecule has 5 heterocycles. The quantitative estimate of drug-likeness (QED) is 0.352. The van der Waals surface area contributed by atoms with Gasteiger partial charge in [0, 0.05) is 63.3 Å². The van der Waals surface area contributed by atoms with Gasteiger partial charge in [-0.2, -0.15) is 5.10 Å². The van der Waals surface area contributed by atoms with Crippen LogP contribution in [0.3, 0.4) is 0 Å². The van der Waals surface area contributed by atoms with Crippen molar-refractivity contribution in [2.75, 3.05) is 36.0 Å². The van der Waals surface area contributed by atoms with Gasteiger partial charge in [0.2, 0.25) is 11.9 Å². The Kier molecular flexibility index (Phi) is 5.99. The molecule has 0 saturated carbocycles. The summed E-state index contributed by atoms with van der Waals surface area (Å²) in [5, 5.41) is 4.32. The van der Waals surface area contributed by atoms with Crippen LogP contribution < -0.4 is 9.80 Å². The van der Waals surface area contributed by atoms with Crippen molar-refractivity contribution in [1.29, 1.82) is 0 Å². The van der Waals surface area contributed by atoms with Crippen molar-refractivity contribution < 1.29 is 4.39 Å². The lowest BCUT2D eigenvalue weighted by atomic mass is 9.91. The Balaban J connectivity index is 1.18. The summed E-state index contributed by atoms with van der Waals surface area (Å²) in [6.45, 7) is 5.26. The Morgan fingerprint density at radius 3 is 2.24 bits per heavy atom. The summed E-state index contributed by atoms with van der Waals surface area (Å²) in [5.74, 6) is 1.51. The zero-order valence-corrected chi connectivity index (χ0v) is 20.9. The van der Waals surface area contributed by atoms with E-state index in [1.807, 2.05) is 50.0 Å². The first-order valence-corrected chi connectivity index (χ1v) is 12.5. The molecule has 0 amide bonds. The summed E-state index contributed by atoms with van der Waals surface area (Å²) in [7, 11) is 1.91. The van der Waals surface area contributed by atoms with Crippen molar-refractivity contribution in [3.8, 4) is 11.3 Å². The van der Waals surface area contributed by atoms with Crippen LogP contribution in [0.5, 0.6) is 0 Å². The van der Waals surface area contributed by atoms with Crippen LogP contribution in [0, 0.1) is 5.82 Å². The van der Waals surface area contributed by atoms with Crippen LogP contribution in [0.1, 0.15) is 30.4 Å². The molecule has 188 valence electrons. The van der Waals surface area contributed by atoms with Crippen LogP contribution in [0.25, 0.3) is 16.9 Å². The molecule has 1 unspecified atom stereocenters. The first kappa shape index (κ1) is 23.1. The molecule has 37 heavy (non-hydrogen) atoms. The van der Waals surface area contributed by atoms with Gasteiger partial charge in [0.1, 0.15) is 17.8 Å². The molecule has 1 saturated heterocycles. The number of halogens is 1. The van der Waals surface area contributed by atoms with E-state index in [1.54, 1.807) is 11.0 Å². The van der Waals surface area contributed by atoms with Gasteiger partial charge in [-0.15, -0.1) is 0 Å². The van der Waals surface area contributed by atoms with E-state index in [1.165, 1.54) is 12.1 Å². The number of nitrogens with zero attached hydrogens (tertiary/aromatic N) is 9. The van der Waals surface area contributed by atoms with Crippen molar-refractivity contribution in [1.82, 2.24) is 34.1 Å². The highest BCUT2D eigenvalue weighted by Gasteiger charge is 2.23. The van der Waals surface area contributed by atoms with Crippen LogP contribution >= 0.6 is 0 Å². The van der Waals surface area contributed by atoms with Crippen molar-refractivity contribution in [3.05, 3.63) is 84.5 Å². The van der Waals surface area contributed by atoms with Gasteiger partial charge in [-0.1, -0.05) is 19.1 Å². The van der Waals surface area contributed by atoms with Gasteiger partial charge in [-0.25, -0.2) is 24.3 Å². The van der Waals surface area contributed by atoms with Gasteiger partial charge in [0.25, 0.3) is 0 Å². The minimum Gasteiger partial charge on any atom is -0.338 e. The number of anilines is 2. The lowest BCUT2D eigenvalue weighted by molar-refractivity contribution is 0.622. The zero-order chi connectivity index (χ0) is 25.4. The topological polar surface area (TPSA) is 80.3 Å². The van der Waals surface area contributed by atoms with E-state index in [0.717, 1.165) is 72.5 Å². The molecule has 1 aliphatic heterocycles. The predicted molar refractivity (Wildman–Crippen MR) is 140 cm³/mol. The van der Waals surface area contributed by atoms with Crippen molar-refractivity contribution in [2.45, 2.75) is 19.3 Å². The number of aryl methyl sites for hydroxylation is 1. The van der Waals surface area contributed by atoms with Gasteiger partial charge >= 0.3 is 0 Å². The molecular weight excluding hydrogens is 469 g/mol. The molecule has 4 aromatic heterocycles. The van der Waals surface area contributed by atoms with E-state index in [9.17, 15) is 4.39 Å². The monoisotopic (exact) mass is 497 g/mol. The number of hydrogen-bond acceptors (Lipinski definition) is 7. The van der Waals surface area contributed by atoms with Crippen LogP contribution in [-0.2, 0) is 7.05 Å². The molecule has 9 nitrogen and oxygen atoms in total. The molecule has 6 rings (SSSR count). The second-order valence-corrected chi connectivity index (χ2v) is 9.29. The maximum absolute atomic E-state index is 13.4. The first-order valence-electron chi connectivity index (χ1n) is 12.5. The third kappa shape index (κ3) is 4.39. The fourth-order valence-electron chi connectivity index (χ4n) is 5.08. The number of rotatable bonds is 6. The Bertz CT molecular complexity index is 1500. The number of aromatic nitrogens is 7. The lowest BCUT2D eigenvalue weighted by Gasteiger charge is -2.35. The van der Waals surface area contributed by atoms with E-state index < -0.39 is 0 Å². The second-order valence-electron chi connectivity index (χ2n) is 9.29. The molecule has 1 fully saturated rings. The maximum Gasteiger partial charge on any atom is 0.225 e. The molecule has 1 aliphatic rings. The Labute approximate surface area is 214 Å². The molecule has 10 heteroatoms. The predicted octanol–water partition coefficient (Wildman–Crippen LogP) is 3.93. The number of hydrogen-bond donors (Lipinski definition) is 0. The smallest absolute Gasteiger partial charge is 0.225 e. The fourth-order valence-corrected chi connectivity index (χ4v) is 5.08. The van der Waals surface area contributed by atoms with Crippen molar-refractivity contribution >= 4 is 17.5 Å². The fraction of sp³-hybridized carbons (Fsp3) is 0.296. The average molecular weight is 498 g/mol. The number of benzene rings is 1. The van der Waals surface area contributed by atoms with Gasteiger partial charge < -0.3 is 9.80 Å². The Morgan fingerprint density at radius 2 is 1.57 bits per heavy atom. The zero-order valence-electron chi connectivity index (χ0n) is 20.9. The van der Waals surface area contributed by atoms with E-state index in [-0.39, 0.29) is 11.7 Å². The minimum absolute atomic E-state index is 0.141. The number of fused-ring (bicyclic) bond motifs is 1. The van der Waals surface area contributed by atoms with Crippen LogP contribution in [0.15, 0.2) is 67.5 Å². The molecular formula is C27H28FN9. The molecule has 0 bridgehead atoms. The minimum atomic E-state index is -0.225. The largest absolute Gasteiger partial charge is 0.338 e. The van der Waals surface area contributed by atoms with E-state index in [2.05, 4.69) is 42.3 Å². The van der Waals surface area contributed by atoms with Crippen LogP contribution in [-0.4, -0.2) is 60.3 Å². The molecule has 5 aromatic rings. The molecule has 1 aromatic carbocycles. The summed E-state index contributed by atoms with van der Waals surface area (Å²) < 4.78 is 17.3. The summed E-state index contributed by atoms with van der Waals surface area (Å²) >= 11 is 0. The molecule has 0 radical (unpaired) electrons. The molecule has 0 aliphatic carbocycles. The summed E-state index contributed by atoms with van der Waals surface area (Å²) in [6.07, 6.45) is 10.2. The van der Waals surface area contributed by atoms with Gasteiger partial charge in [0.15, 0.2) is 0 Å². The Hall–Kier alpha value is -4.34. The summed E-state index contributed by atoms with van der Waals surface area (Å²) in [5.41, 5.74) is 5.01. The van der Waals surface area contributed by atoms with Crippen LogP contribution in [0.4, 0.5) is 16.3 Å². The summed E-state index contributed by atoms with van der Waals surface area (Å²) in [4.78, 5) is 23.0. The lowest BCUT2D eigenvalue weighted by Crippen LogP contribution is -2.48. The molecule has 1 atom stereocenters. The van der Waals surface area contributed by atoms with E-state index >= 15 is 0 Å². The van der Waals surface area contributed by atoms with E-state index in [4.69, 9.17) is 9.97 Å². The third-order valence-electron chi connectivity index (χ3n) is 7.01. The Morgan fingerprint density at radius 1 is 0.838 bits per heavy atom. The average Bonchev–Trinajstić information content (AvgIpc) is 3.57. The number of piperazine rings is 1. The SMILES string of the molecule is CCC(c1ccc(F)cc1)c1cnc(N2CCN(c3ncnc4ccc(-c5cnn(C)c5)n34)CC2)nc1. The van der Waals surface area contributed by atoms with Gasteiger partial charge in [-0.3, -0.25) is 9.08 Å². The van der Waals surface area contributed by atoms with Gasteiger partial charge in [-0.05, 0) is 41.8 Å². The highest BCUT2D eigenvalue weighted by Crippen LogP contribution is 2.29. The van der Waals surface area contributed by atoms with Gasteiger partial charge in [0.05, 0.1) is 11.9 Å². The third-order valence-corrected chi connectivity index (χ3v) is 7.01. The van der Waals surface area contributed by atoms with E-state index in [0.29, 0.717) is 0 Å². The standard InChI is InChI=1S/C27H28FN9/c1-3-23(19-4-6-22(28)7-5-19)20-14-29-26(30-15-20)35-10-12-36(13-11-35)27-32-18-31-25-9-8-24(37(25)27)21-16-33-34(2)17-21/h4-9,14-18,23H,3,10-13H2,1-2H3. The van der Waals surface area contributed by atoms with Crippen LogP contribution in [0.2, 0.25) is 0 Å². The molecule has 0 spiro atoms. The maximum atomic E-state index is 13.4. The highest BCUT2D eigenvalue weighted by atomic mass is 19.1. The molecule has 0 N–H and O–H groups in total. The first-order chi connectivity index (χ1) is 18.1. The van der Waals surface area contributed by atoms with Crippen molar-refractivity contribution in [2.24, 2.45) is 7.05 Å². The van der Waals surface area contributed by atoms with Crippen molar-refractivity contribution in [3.63, 3.8) is 0 Å². The highest BCUT2D eigenvalue weighted by molar-refractivity contribution is 5.67.